The van der Waals surface area contributed by atoms with Gasteiger partial charge >= 0.3 is 0 Å². The predicted molar refractivity (Wildman–Crippen MR) is 74.9 cm³/mol. The molecule has 0 saturated heterocycles. The number of amides is 1. The maximum atomic E-state index is 11.3. The minimum absolute atomic E-state index is 0.167. The number of hydrogen-bond donors (Lipinski definition) is 0. The fourth-order valence-corrected chi connectivity index (χ4v) is 1.88. The van der Waals surface area contributed by atoms with Crippen molar-refractivity contribution in [2.45, 2.75) is 40.5 Å². The van der Waals surface area contributed by atoms with Crippen molar-refractivity contribution in [1.29, 1.82) is 0 Å². The molecule has 0 radical (unpaired) electrons. The van der Waals surface area contributed by atoms with E-state index in [-0.39, 0.29) is 5.91 Å². The largest absolute Gasteiger partial charge is 0.342 e. The van der Waals surface area contributed by atoms with Gasteiger partial charge in [0, 0.05) is 20.0 Å². The molecular formula is C15H25NO. The average molecular weight is 235 g/mol. The summed E-state index contributed by atoms with van der Waals surface area (Å²) in [6, 6.07) is 0. The first-order valence-electron chi connectivity index (χ1n) is 6.41. The fraction of sp³-hybridized carbons (Fsp3) is 0.533. The Morgan fingerprint density at radius 3 is 2.18 bits per heavy atom. The van der Waals surface area contributed by atoms with Crippen molar-refractivity contribution in [3.8, 4) is 0 Å². The topological polar surface area (TPSA) is 20.3 Å². The van der Waals surface area contributed by atoms with Crippen LogP contribution >= 0.6 is 0 Å². The number of allylic oxidation sites excluding steroid dienone is 3. The zero-order chi connectivity index (χ0) is 13.3. The van der Waals surface area contributed by atoms with Crippen molar-refractivity contribution in [3.63, 3.8) is 0 Å². The fourth-order valence-electron chi connectivity index (χ4n) is 1.88. The molecule has 0 spiro atoms. The molecule has 0 aromatic carbocycles. The van der Waals surface area contributed by atoms with Crippen molar-refractivity contribution in [2.75, 3.05) is 13.1 Å². The van der Waals surface area contributed by atoms with Crippen LogP contribution in [0.5, 0.6) is 0 Å². The van der Waals surface area contributed by atoms with Gasteiger partial charge < -0.3 is 4.90 Å². The van der Waals surface area contributed by atoms with Gasteiger partial charge in [0.25, 0.3) is 0 Å². The Balaban J connectivity index is 0.00000121. The van der Waals surface area contributed by atoms with Crippen LogP contribution in [0.25, 0.3) is 0 Å². The van der Waals surface area contributed by atoms with E-state index in [2.05, 4.69) is 12.7 Å². The van der Waals surface area contributed by atoms with Crippen molar-refractivity contribution in [1.82, 2.24) is 4.90 Å². The SMILES string of the molecule is C=CC1=C(/C=C\C)CCN(C(C)=O)CC1.CC. The molecule has 0 fully saturated rings. The molecule has 1 aliphatic heterocycles. The number of nitrogens with zero attached hydrogens (tertiary/aromatic N) is 1. The number of hydrogen-bond acceptors (Lipinski definition) is 1. The average Bonchev–Trinajstić information content (AvgIpc) is 2.54. The summed E-state index contributed by atoms with van der Waals surface area (Å²) >= 11 is 0. The number of rotatable bonds is 2. The zero-order valence-electron chi connectivity index (χ0n) is 11.6. The van der Waals surface area contributed by atoms with E-state index in [1.165, 1.54) is 11.1 Å². The Kier molecular flexibility index (Phi) is 8.12. The van der Waals surface area contributed by atoms with Crippen molar-refractivity contribution < 1.29 is 4.79 Å². The number of carbonyl (C=O) groups excluding carboxylic acids is 1. The van der Waals surface area contributed by atoms with Gasteiger partial charge in [-0.15, -0.1) is 0 Å². The predicted octanol–water partition coefficient (Wildman–Crippen LogP) is 3.71. The number of carbonyl (C=O) groups is 1. The molecule has 0 N–H and O–H groups in total. The molecule has 0 aromatic heterocycles. The standard InChI is InChI=1S/C13H19NO.C2H6/c1-4-6-13-8-10-14(11(3)15)9-7-12(13)5-2;1-2/h4-6H,2,7-10H2,1,3H3;1-2H3/b6-4-;. The molecule has 2 heteroatoms. The second-order valence-corrected chi connectivity index (χ2v) is 3.76. The van der Waals surface area contributed by atoms with Crippen LogP contribution in [-0.4, -0.2) is 23.9 Å². The van der Waals surface area contributed by atoms with E-state index < -0.39 is 0 Å². The van der Waals surface area contributed by atoms with Gasteiger partial charge in [-0.25, -0.2) is 0 Å². The lowest BCUT2D eigenvalue weighted by Gasteiger charge is -2.17. The van der Waals surface area contributed by atoms with Crippen LogP contribution in [0.4, 0.5) is 0 Å². The summed E-state index contributed by atoms with van der Waals surface area (Å²) in [5.41, 5.74) is 2.59. The van der Waals surface area contributed by atoms with Crippen LogP contribution in [0.15, 0.2) is 36.0 Å². The third kappa shape index (κ3) is 5.03. The molecule has 0 saturated carbocycles. The van der Waals surface area contributed by atoms with E-state index in [1.54, 1.807) is 6.92 Å². The highest BCUT2D eigenvalue weighted by Crippen LogP contribution is 2.20. The third-order valence-corrected chi connectivity index (χ3v) is 2.77. The van der Waals surface area contributed by atoms with E-state index in [9.17, 15) is 4.79 Å². The minimum Gasteiger partial charge on any atom is -0.342 e. The lowest BCUT2D eigenvalue weighted by atomic mass is 10.0. The highest BCUT2D eigenvalue weighted by molar-refractivity contribution is 5.73. The van der Waals surface area contributed by atoms with Crippen molar-refractivity contribution in [2.24, 2.45) is 0 Å². The highest BCUT2D eigenvalue weighted by Gasteiger charge is 2.14. The molecule has 1 rings (SSSR count). The van der Waals surface area contributed by atoms with Crippen LogP contribution < -0.4 is 0 Å². The van der Waals surface area contributed by atoms with Crippen LogP contribution in [0.2, 0.25) is 0 Å². The first kappa shape index (κ1) is 15.7. The van der Waals surface area contributed by atoms with Crippen LogP contribution in [0, 0.1) is 0 Å². The van der Waals surface area contributed by atoms with Crippen molar-refractivity contribution in [3.05, 3.63) is 36.0 Å². The van der Waals surface area contributed by atoms with Gasteiger partial charge in [-0.3, -0.25) is 4.79 Å². The molecule has 0 unspecified atom stereocenters. The quantitative estimate of drug-likeness (QED) is 0.714. The molecule has 96 valence electrons. The minimum atomic E-state index is 0.167. The second kappa shape index (κ2) is 8.80. The van der Waals surface area contributed by atoms with Crippen LogP contribution in [-0.2, 0) is 4.79 Å². The van der Waals surface area contributed by atoms with E-state index in [4.69, 9.17) is 0 Å². The Morgan fingerprint density at radius 1 is 1.24 bits per heavy atom. The van der Waals surface area contributed by atoms with Crippen molar-refractivity contribution >= 4 is 5.91 Å². The molecular weight excluding hydrogens is 210 g/mol. The molecule has 0 aliphatic carbocycles. The third-order valence-electron chi connectivity index (χ3n) is 2.77. The van der Waals surface area contributed by atoms with Gasteiger partial charge in [-0.1, -0.05) is 38.7 Å². The first-order chi connectivity index (χ1) is 8.19. The summed E-state index contributed by atoms with van der Waals surface area (Å²) in [6.07, 6.45) is 7.94. The van der Waals surface area contributed by atoms with Gasteiger partial charge in [0.1, 0.15) is 0 Å². The van der Waals surface area contributed by atoms with Gasteiger partial charge in [-0.2, -0.15) is 0 Å². The Bertz CT molecular complexity index is 313. The van der Waals surface area contributed by atoms with E-state index in [0.717, 1.165) is 25.9 Å². The van der Waals surface area contributed by atoms with Gasteiger partial charge in [0.2, 0.25) is 5.91 Å². The van der Waals surface area contributed by atoms with Gasteiger partial charge in [-0.05, 0) is 30.9 Å². The summed E-state index contributed by atoms with van der Waals surface area (Å²) in [6.45, 7) is 13.1. The summed E-state index contributed by atoms with van der Waals surface area (Å²) in [5, 5.41) is 0. The molecule has 0 aromatic rings. The maximum absolute atomic E-state index is 11.3. The van der Waals surface area contributed by atoms with Crippen LogP contribution in [0.3, 0.4) is 0 Å². The summed E-state index contributed by atoms with van der Waals surface area (Å²) < 4.78 is 0. The van der Waals surface area contributed by atoms with E-state index in [1.807, 2.05) is 37.8 Å². The lowest BCUT2D eigenvalue weighted by molar-refractivity contribution is -0.128. The molecule has 1 amide bonds. The molecule has 1 aliphatic rings. The smallest absolute Gasteiger partial charge is 0.219 e. The van der Waals surface area contributed by atoms with Gasteiger partial charge in [0.05, 0.1) is 0 Å². The monoisotopic (exact) mass is 235 g/mol. The maximum Gasteiger partial charge on any atom is 0.219 e. The normalized spacial score (nSPS) is 16.4. The molecule has 17 heavy (non-hydrogen) atoms. The van der Waals surface area contributed by atoms with E-state index in [0.29, 0.717) is 0 Å². The molecule has 0 bridgehead atoms. The zero-order valence-corrected chi connectivity index (χ0v) is 11.6. The first-order valence-corrected chi connectivity index (χ1v) is 6.41. The van der Waals surface area contributed by atoms with Gasteiger partial charge in [0.15, 0.2) is 0 Å². The lowest BCUT2D eigenvalue weighted by Crippen LogP contribution is -2.29. The van der Waals surface area contributed by atoms with Crippen LogP contribution in [0.1, 0.15) is 40.5 Å². The second-order valence-electron chi connectivity index (χ2n) is 3.76. The van der Waals surface area contributed by atoms with E-state index >= 15 is 0 Å². The molecule has 1 heterocycles. The highest BCUT2D eigenvalue weighted by atomic mass is 16.2. The Hall–Kier alpha value is -1.31. The summed E-state index contributed by atoms with van der Waals surface area (Å²) in [7, 11) is 0. The summed E-state index contributed by atoms with van der Waals surface area (Å²) in [5.74, 6) is 0.167. The summed E-state index contributed by atoms with van der Waals surface area (Å²) in [4.78, 5) is 13.2. The molecule has 0 atom stereocenters. The Labute approximate surface area is 106 Å². The molecule has 2 nitrogen and oxygen atoms in total. The Morgan fingerprint density at radius 2 is 1.76 bits per heavy atom.